The first-order valence-electron chi connectivity index (χ1n) is 13.4. The van der Waals surface area contributed by atoms with Crippen molar-refractivity contribution in [2.24, 2.45) is 0 Å². The number of benzene rings is 2. The Morgan fingerprint density at radius 2 is 1.51 bits per heavy atom. The highest BCUT2D eigenvalue weighted by Gasteiger charge is 2.23. The molecule has 39 heavy (non-hydrogen) atoms. The first-order chi connectivity index (χ1) is 19.0. The van der Waals surface area contributed by atoms with Crippen molar-refractivity contribution in [2.75, 3.05) is 57.8 Å². The molecule has 3 aromatic rings. The topological polar surface area (TPSA) is 110 Å². The van der Waals surface area contributed by atoms with E-state index in [9.17, 15) is 5.26 Å². The maximum Gasteiger partial charge on any atom is 0.230 e. The average Bonchev–Trinajstić information content (AvgIpc) is 3.17. The summed E-state index contributed by atoms with van der Waals surface area (Å²) in [4.78, 5) is 14.7. The van der Waals surface area contributed by atoms with Crippen molar-refractivity contribution in [3.63, 3.8) is 0 Å². The molecule has 0 saturated carbocycles. The van der Waals surface area contributed by atoms with Gasteiger partial charge in [0.15, 0.2) is 0 Å². The number of nitrogens with zero attached hydrogens (tertiary/aromatic N) is 6. The number of ether oxygens (including phenoxy) is 2. The van der Waals surface area contributed by atoms with Gasteiger partial charge < -0.3 is 19.7 Å². The molecule has 1 fully saturated rings. The van der Waals surface area contributed by atoms with Gasteiger partial charge in [-0.2, -0.15) is 15.5 Å². The van der Waals surface area contributed by atoms with Gasteiger partial charge in [0.2, 0.25) is 11.8 Å². The van der Waals surface area contributed by atoms with Crippen molar-refractivity contribution < 1.29 is 9.47 Å². The second-order valence-electron chi connectivity index (χ2n) is 10.0. The maximum atomic E-state index is 9.37. The van der Waals surface area contributed by atoms with Gasteiger partial charge in [-0.3, -0.25) is 4.90 Å². The molecule has 0 bridgehead atoms. The summed E-state index contributed by atoms with van der Waals surface area (Å²) < 4.78 is 12.0. The number of nitrogens with one attached hydrogen (secondary N) is 1. The lowest BCUT2D eigenvalue weighted by atomic mass is 10.1. The van der Waals surface area contributed by atoms with Gasteiger partial charge in [-0.15, -0.1) is 0 Å². The summed E-state index contributed by atoms with van der Waals surface area (Å²) in [6, 6.07) is 15.2. The van der Waals surface area contributed by atoms with Crippen LogP contribution in [0.2, 0.25) is 0 Å². The zero-order chi connectivity index (χ0) is 27.2. The number of fused-ring (bicyclic) bond motifs is 1. The number of aryl methyl sites for hydroxylation is 2. The molecule has 0 radical (unpaired) electrons. The summed E-state index contributed by atoms with van der Waals surface area (Å²) in [5.41, 5.74) is 5.79. The predicted octanol–water partition coefficient (Wildman–Crippen LogP) is 4.11. The van der Waals surface area contributed by atoms with Crippen LogP contribution < -0.4 is 10.1 Å². The van der Waals surface area contributed by atoms with E-state index in [1.165, 1.54) is 0 Å². The van der Waals surface area contributed by atoms with Gasteiger partial charge in [-0.05, 0) is 67.8 Å². The molecule has 2 aliphatic heterocycles. The SMILES string of the molecule is Cc1cc(C#N)cc(C)c1Oc1nc(Nc2ccc(C#N)cc2)nc2c1CCN(CCN1CCOCC1)CC2. The third-order valence-corrected chi connectivity index (χ3v) is 7.29. The largest absolute Gasteiger partial charge is 0.438 e. The fraction of sp³-hybridized carbons (Fsp3) is 0.400. The molecular weight excluding hydrogens is 490 g/mol. The number of rotatable bonds is 7. The van der Waals surface area contributed by atoms with Gasteiger partial charge in [-0.1, -0.05) is 0 Å². The van der Waals surface area contributed by atoms with Crippen molar-refractivity contribution in [2.45, 2.75) is 26.7 Å². The quantitative estimate of drug-likeness (QED) is 0.489. The molecule has 9 heteroatoms. The molecule has 1 saturated heterocycles. The summed E-state index contributed by atoms with van der Waals surface area (Å²) in [6.45, 7) is 11.4. The fourth-order valence-corrected chi connectivity index (χ4v) is 5.11. The van der Waals surface area contributed by atoms with Crippen LogP contribution in [0.4, 0.5) is 11.6 Å². The Balaban J connectivity index is 1.41. The number of hydrogen-bond donors (Lipinski definition) is 1. The van der Waals surface area contributed by atoms with Crippen LogP contribution in [0.25, 0.3) is 0 Å². The number of hydrogen-bond acceptors (Lipinski definition) is 9. The van der Waals surface area contributed by atoms with E-state index in [0.29, 0.717) is 28.7 Å². The predicted molar refractivity (Wildman–Crippen MR) is 148 cm³/mol. The monoisotopic (exact) mass is 523 g/mol. The third kappa shape index (κ3) is 6.52. The smallest absolute Gasteiger partial charge is 0.230 e. The van der Waals surface area contributed by atoms with Crippen LogP contribution in [0.1, 0.15) is 33.5 Å². The van der Waals surface area contributed by atoms with Crippen LogP contribution >= 0.6 is 0 Å². The van der Waals surface area contributed by atoms with E-state index in [1.54, 1.807) is 12.1 Å². The normalized spacial score (nSPS) is 16.0. The molecule has 3 heterocycles. The van der Waals surface area contributed by atoms with E-state index in [0.717, 1.165) is 93.4 Å². The summed E-state index contributed by atoms with van der Waals surface area (Å²) in [6.07, 6.45) is 1.59. The van der Waals surface area contributed by atoms with Crippen molar-refractivity contribution in [3.8, 4) is 23.8 Å². The lowest BCUT2D eigenvalue weighted by Gasteiger charge is -2.29. The van der Waals surface area contributed by atoms with Gasteiger partial charge in [-0.25, -0.2) is 4.98 Å². The van der Waals surface area contributed by atoms with Crippen molar-refractivity contribution in [1.29, 1.82) is 10.5 Å². The van der Waals surface area contributed by atoms with E-state index in [4.69, 9.17) is 24.7 Å². The zero-order valence-corrected chi connectivity index (χ0v) is 22.5. The molecule has 0 spiro atoms. The molecule has 1 aromatic heterocycles. The van der Waals surface area contributed by atoms with Gasteiger partial charge in [0.1, 0.15) is 5.75 Å². The zero-order valence-electron chi connectivity index (χ0n) is 22.5. The van der Waals surface area contributed by atoms with E-state index >= 15 is 0 Å². The Morgan fingerprint density at radius 3 is 2.18 bits per heavy atom. The Hall–Kier alpha value is -4.02. The van der Waals surface area contributed by atoms with Crippen LogP contribution in [0.3, 0.4) is 0 Å². The molecule has 9 nitrogen and oxygen atoms in total. The summed E-state index contributed by atoms with van der Waals surface area (Å²) in [5.74, 6) is 1.72. The molecule has 0 unspecified atom stereocenters. The van der Waals surface area contributed by atoms with Gasteiger partial charge in [0.05, 0.1) is 42.2 Å². The summed E-state index contributed by atoms with van der Waals surface area (Å²) >= 11 is 0. The third-order valence-electron chi connectivity index (χ3n) is 7.29. The van der Waals surface area contributed by atoms with Gasteiger partial charge in [0, 0.05) is 56.9 Å². The molecule has 1 N–H and O–H groups in total. The van der Waals surface area contributed by atoms with Crippen molar-refractivity contribution in [3.05, 3.63) is 69.9 Å². The molecule has 0 amide bonds. The van der Waals surface area contributed by atoms with Crippen LogP contribution in [0.15, 0.2) is 36.4 Å². The van der Waals surface area contributed by atoms with E-state index in [-0.39, 0.29) is 0 Å². The lowest BCUT2D eigenvalue weighted by Crippen LogP contribution is -2.42. The Morgan fingerprint density at radius 1 is 0.872 bits per heavy atom. The number of morpholine rings is 1. The minimum atomic E-state index is 0.458. The highest BCUT2D eigenvalue weighted by molar-refractivity contribution is 5.57. The minimum Gasteiger partial charge on any atom is -0.438 e. The first-order valence-corrected chi connectivity index (χ1v) is 13.4. The first kappa shape index (κ1) is 26.6. The fourth-order valence-electron chi connectivity index (χ4n) is 5.11. The van der Waals surface area contributed by atoms with E-state index in [1.807, 2.05) is 38.1 Å². The second kappa shape index (κ2) is 12.2. The molecule has 200 valence electrons. The molecule has 0 aliphatic carbocycles. The number of anilines is 2. The lowest BCUT2D eigenvalue weighted by molar-refractivity contribution is 0.0335. The summed E-state index contributed by atoms with van der Waals surface area (Å²) in [7, 11) is 0. The molecular formula is C30H33N7O2. The van der Waals surface area contributed by atoms with Crippen LogP contribution in [0, 0.1) is 36.5 Å². The average molecular weight is 524 g/mol. The Bertz CT molecular complexity index is 1380. The second-order valence-corrected chi connectivity index (χ2v) is 10.0. The molecule has 2 aliphatic rings. The number of aromatic nitrogens is 2. The summed E-state index contributed by atoms with van der Waals surface area (Å²) in [5, 5.41) is 21.8. The molecule has 5 rings (SSSR count). The van der Waals surface area contributed by atoms with E-state index in [2.05, 4.69) is 27.3 Å². The van der Waals surface area contributed by atoms with Crippen molar-refractivity contribution >= 4 is 11.6 Å². The molecule has 2 aromatic carbocycles. The maximum absolute atomic E-state index is 9.37. The van der Waals surface area contributed by atoms with E-state index < -0.39 is 0 Å². The van der Waals surface area contributed by atoms with Gasteiger partial charge in [0.25, 0.3) is 0 Å². The highest BCUT2D eigenvalue weighted by Crippen LogP contribution is 2.34. The number of nitriles is 2. The minimum absolute atomic E-state index is 0.458. The van der Waals surface area contributed by atoms with Crippen LogP contribution in [-0.4, -0.2) is 72.3 Å². The highest BCUT2D eigenvalue weighted by atomic mass is 16.5. The standard InChI is InChI=1S/C30H33N7O2/c1-21-17-24(20-32)18-22(2)28(21)39-29-26-7-9-36(11-12-37-13-15-38-16-14-37)10-8-27(26)34-30(35-29)33-25-5-3-23(19-31)4-6-25/h3-6,17-18H,7-16H2,1-2H3,(H,33,34,35). The molecule has 0 atom stereocenters. The van der Waals surface area contributed by atoms with Gasteiger partial charge >= 0.3 is 0 Å². The Kier molecular flexibility index (Phi) is 8.33. The van der Waals surface area contributed by atoms with Crippen molar-refractivity contribution in [1.82, 2.24) is 19.8 Å². The van der Waals surface area contributed by atoms with Crippen LogP contribution in [-0.2, 0) is 17.6 Å². The van der Waals surface area contributed by atoms with Crippen LogP contribution in [0.5, 0.6) is 11.6 Å². The Labute approximate surface area is 229 Å².